The molecule has 0 fully saturated rings. The molecule has 0 spiro atoms. The molecule has 40 heavy (non-hydrogen) atoms. The van der Waals surface area contributed by atoms with E-state index in [-0.39, 0.29) is 29.7 Å². The molecule has 0 radical (unpaired) electrons. The van der Waals surface area contributed by atoms with Crippen molar-refractivity contribution in [2.24, 2.45) is 0 Å². The summed E-state index contributed by atoms with van der Waals surface area (Å²) in [5.74, 6) is 0. The Labute approximate surface area is 243 Å². The van der Waals surface area contributed by atoms with Crippen molar-refractivity contribution >= 4 is 43.1 Å². The summed E-state index contributed by atoms with van der Waals surface area (Å²) in [6.45, 7) is 0. The quantitative estimate of drug-likeness (QED) is 0.206. The minimum atomic E-state index is -0.464. The van der Waals surface area contributed by atoms with Gasteiger partial charge in [-0.2, -0.15) is 0 Å². The summed E-state index contributed by atoms with van der Waals surface area (Å²) in [5.41, 5.74) is 4.55. The Morgan fingerprint density at radius 1 is 0.350 bits per heavy atom. The van der Waals surface area contributed by atoms with E-state index in [1.807, 2.05) is 30.3 Å². The van der Waals surface area contributed by atoms with Crippen LogP contribution < -0.4 is 0 Å². The standard InChI is InChI=1S/C40H26/c1-2-13-28(14-3-1)39-35-16-6-8-18-37(35)40(38-19-9-7-17-36(38)39)34-23-11-21-32-31(20-10-22-33(32)34)30-25-24-27-12-4-5-15-29(27)26-30/h1-26H/i1D,2D,3D,6D,7D,13D,14D. The zero-order valence-electron chi connectivity index (χ0n) is 28.5. The van der Waals surface area contributed by atoms with Gasteiger partial charge in [0.1, 0.15) is 0 Å². The fraction of sp³-hybridized carbons (Fsp3) is 0. The highest BCUT2D eigenvalue weighted by atomic mass is 14.2. The van der Waals surface area contributed by atoms with Gasteiger partial charge in [0.15, 0.2) is 0 Å². The summed E-state index contributed by atoms with van der Waals surface area (Å²) in [4.78, 5) is 0. The molecular weight excluding hydrogens is 480 g/mol. The maximum atomic E-state index is 8.85. The van der Waals surface area contributed by atoms with Crippen molar-refractivity contribution in [3.63, 3.8) is 0 Å². The molecule has 0 nitrogen and oxygen atoms in total. The average molecular weight is 514 g/mol. The molecule has 0 unspecified atom stereocenters. The van der Waals surface area contributed by atoms with Gasteiger partial charge in [-0.1, -0.05) is 151 Å². The van der Waals surface area contributed by atoms with E-state index in [1.54, 1.807) is 24.3 Å². The van der Waals surface area contributed by atoms with Crippen LogP contribution in [0.1, 0.15) is 9.60 Å². The van der Waals surface area contributed by atoms with Gasteiger partial charge in [0.05, 0.1) is 9.60 Å². The lowest BCUT2D eigenvalue weighted by molar-refractivity contribution is 1.65. The first-order chi connectivity index (χ1) is 22.7. The van der Waals surface area contributed by atoms with Gasteiger partial charge in [-0.3, -0.25) is 0 Å². The topological polar surface area (TPSA) is 0 Å². The summed E-state index contributed by atoms with van der Waals surface area (Å²) in [6.07, 6.45) is 0. The Balaban J connectivity index is 1.50. The van der Waals surface area contributed by atoms with Crippen molar-refractivity contribution in [3.05, 3.63) is 158 Å². The first kappa shape index (κ1) is 16.7. The molecule has 0 amide bonds. The third-order valence-corrected chi connectivity index (χ3v) is 7.81. The Morgan fingerprint density at radius 2 is 0.950 bits per heavy atom. The number of benzene rings is 8. The molecule has 0 aliphatic heterocycles. The molecule has 0 heteroatoms. The van der Waals surface area contributed by atoms with Crippen LogP contribution in [0.15, 0.2) is 158 Å². The van der Waals surface area contributed by atoms with Crippen LogP contribution in [0.5, 0.6) is 0 Å². The van der Waals surface area contributed by atoms with Crippen LogP contribution in [-0.2, 0) is 0 Å². The number of hydrogen-bond donors (Lipinski definition) is 0. The zero-order valence-corrected chi connectivity index (χ0v) is 21.5. The monoisotopic (exact) mass is 513 g/mol. The molecule has 0 aliphatic rings. The van der Waals surface area contributed by atoms with Crippen LogP contribution in [0.2, 0.25) is 0 Å². The molecule has 0 bridgehead atoms. The van der Waals surface area contributed by atoms with Crippen LogP contribution in [-0.4, -0.2) is 0 Å². The lowest BCUT2D eigenvalue weighted by Crippen LogP contribution is -1.92. The number of fused-ring (bicyclic) bond motifs is 4. The van der Waals surface area contributed by atoms with Gasteiger partial charge in [-0.15, -0.1) is 0 Å². The van der Waals surface area contributed by atoms with E-state index >= 15 is 0 Å². The van der Waals surface area contributed by atoms with Gasteiger partial charge in [0.2, 0.25) is 0 Å². The molecule has 186 valence electrons. The summed E-state index contributed by atoms with van der Waals surface area (Å²) in [6, 6.07) is 36.4. The van der Waals surface area contributed by atoms with E-state index < -0.39 is 18.1 Å². The molecule has 0 saturated heterocycles. The molecule has 0 heterocycles. The molecule has 8 aromatic rings. The van der Waals surface area contributed by atoms with Gasteiger partial charge in [-0.25, -0.2) is 0 Å². The third kappa shape index (κ3) is 3.54. The van der Waals surface area contributed by atoms with Gasteiger partial charge in [0.25, 0.3) is 0 Å². The van der Waals surface area contributed by atoms with Crippen molar-refractivity contribution in [3.8, 4) is 33.4 Å². The van der Waals surface area contributed by atoms with Gasteiger partial charge >= 0.3 is 0 Å². The highest BCUT2D eigenvalue weighted by Gasteiger charge is 2.18. The fourth-order valence-corrected chi connectivity index (χ4v) is 6.07. The van der Waals surface area contributed by atoms with Crippen LogP contribution >= 0.6 is 0 Å². The first-order valence-corrected chi connectivity index (χ1v) is 13.3. The molecule has 8 rings (SSSR count). The van der Waals surface area contributed by atoms with Crippen molar-refractivity contribution < 1.29 is 9.60 Å². The van der Waals surface area contributed by atoms with Crippen LogP contribution in [0.4, 0.5) is 0 Å². The van der Waals surface area contributed by atoms with E-state index in [2.05, 4.69) is 60.7 Å². The van der Waals surface area contributed by atoms with Gasteiger partial charge in [0, 0.05) is 0 Å². The van der Waals surface area contributed by atoms with E-state index in [1.165, 1.54) is 5.39 Å². The summed E-state index contributed by atoms with van der Waals surface area (Å²) in [5, 5.41) is 7.20. The minimum Gasteiger partial charge on any atom is -0.0622 e. The molecule has 0 atom stereocenters. The highest BCUT2D eigenvalue weighted by molar-refractivity contribution is 6.24. The average Bonchev–Trinajstić information content (AvgIpc) is 3.09. The van der Waals surface area contributed by atoms with Crippen molar-refractivity contribution in [2.75, 3.05) is 0 Å². The van der Waals surface area contributed by atoms with Crippen molar-refractivity contribution in [1.82, 2.24) is 0 Å². The smallest absolute Gasteiger partial charge is 0.0622 e. The van der Waals surface area contributed by atoms with E-state index in [4.69, 9.17) is 9.60 Å². The molecule has 0 aliphatic carbocycles. The van der Waals surface area contributed by atoms with Crippen LogP contribution in [0.25, 0.3) is 76.5 Å². The Bertz CT molecular complexity index is 2510. The zero-order chi connectivity index (χ0) is 32.6. The van der Waals surface area contributed by atoms with Crippen molar-refractivity contribution in [1.29, 1.82) is 0 Å². The SMILES string of the molecule is [2H]c1ccc2c(-c3cccc4c(-c5ccc6ccccc6c5)cccc34)c3ccc([2H])cc3c(-c3c([2H])c([2H])c([2H])c([2H])c3[2H])c2c1. The van der Waals surface area contributed by atoms with E-state index in [0.29, 0.717) is 16.3 Å². The van der Waals surface area contributed by atoms with Gasteiger partial charge in [-0.05, 0) is 82.5 Å². The van der Waals surface area contributed by atoms with Crippen LogP contribution in [0, 0.1) is 0 Å². The predicted octanol–water partition coefficient (Wildman–Crippen LogP) is 11.3. The normalized spacial score (nSPS) is 13.9. The maximum Gasteiger partial charge on any atom is 0.0629 e. The maximum absolute atomic E-state index is 8.85. The number of rotatable bonds is 3. The fourth-order valence-electron chi connectivity index (χ4n) is 6.07. The van der Waals surface area contributed by atoms with Gasteiger partial charge < -0.3 is 0 Å². The van der Waals surface area contributed by atoms with E-state index in [9.17, 15) is 0 Å². The Hall–Kier alpha value is -5.20. The third-order valence-electron chi connectivity index (χ3n) is 7.81. The summed E-state index contributed by atoms with van der Waals surface area (Å²) in [7, 11) is 0. The lowest BCUT2D eigenvalue weighted by Gasteiger charge is -2.19. The summed E-state index contributed by atoms with van der Waals surface area (Å²) < 4.78 is 59.8. The minimum absolute atomic E-state index is 0.0604. The lowest BCUT2D eigenvalue weighted by atomic mass is 9.84. The molecular formula is C40H26. The van der Waals surface area contributed by atoms with Crippen molar-refractivity contribution in [2.45, 2.75) is 0 Å². The number of hydrogen-bond acceptors (Lipinski definition) is 0. The van der Waals surface area contributed by atoms with E-state index in [0.717, 1.165) is 49.2 Å². The van der Waals surface area contributed by atoms with Crippen LogP contribution in [0.3, 0.4) is 0 Å². The molecule has 0 aromatic heterocycles. The second-order valence-electron chi connectivity index (χ2n) is 9.96. The molecule has 8 aromatic carbocycles. The second-order valence-corrected chi connectivity index (χ2v) is 9.96. The second kappa shape index (κ2) is 9.22. The highest BCUT2D eigenvalue weighted by Crippen LogP contribution is 2.46. The predicted molar refractivity (Wildman–Crippen MR) is 173 cm³/mol. The largest absolute Gasteiger partial charge is 0.0629 e. The molecule has 0 saturated carbocycles. The summed E-state index contributed by atoms with van der Waals surface area (Å²) >= 11 is 0. The Kier molecular flexibility index (Phi) is 3.85. The first-order valence-electron chi connectivity index (χ1n) is 16.8. The Morgan fingerprint density at radius 3 is 1.68 bits per heavy atom. The molecule has 0 N–H and O–H groups in total.